The van der Waals surface area contributed by atoms with Gasteiger partial charge in [-0.05, 0) is 63.5 Å². The third-order valence-corrected chi connectivity index (χ3v) is 10.7. The zero-order valence-electron chi connectivity index (χ0n) is 17.7. The summed E-state index contributed by atoms with van der Waals surface area (Å²) in [6.45, 7) is 19.5. The maximum atomic E-state index is 13.1. The fraction of sp³-hybridized carbons (Fsp3) is 0.667. The van der Waals surface area contributed by atoms with Gasteiger partial charge in [0.25, 0.3) is 0 Å². The van der Waals surface area contributed by atoms with E-state index in [4.69, 9.17) is 16.0 Å². The largest absolute Gasteiger partial charge is 0.413 e. The molecule has 146 valence electrons. The lowest BCUT2D eigenvalue weighted by Gasteiger charge is -2.56. The Balaban J connectivity index is 2.34. The number of likely N-dealkylation sites (tertiary alicyclic amines) is 1. The van der Waals surface area contributed by atoms with Gasteiger partial charge in [-0.2, -0.15) is 0 Å². The van der Waals surface area contributed by atoms with E-state index in [1.54, 1.807) is 0 Å². The molecule has 3 nitrogen and oxygen atoms in total. The van der Waals surface area contributed by atoms with Crippen LogP contribution in [0.4, 0.5) is 0 Å². The van der Waals surface area contributed by atoms with Crippen LogP contribution >= 0.6 is 11.6 Å². The number of hydrogen-bond acceptors (Lipinski definition) is 2. The van der Waals surface area contributed by atoms with E-state index in [9.17, 15) is 4.79 Å². The SMILES string of the molecule is CC(O[Si](C)(C)C(C)(C)C)C1C(=O)N(C(C)(C)C)C1c1ccc(Cl)cc1. The van der Waals surface area contributed by atoms with Crippen LogP contribution in [-0.2, 0) is 9.22 Å². The molecule has 26 heavy (non-hydrogen) atoms. The minimum atomic E-state index is -1.94. The summed E-state index contributed by atoms with van der Waals surface area (Å²) < 4.78 is 6.58. The number of β-lactam (4-membered cyclic amide) rings is 1. The van der Waals surface area contributed by atoms with Crippen LogP contribution in [-0.4, -0.2) is 30.8 Å². The molecule has 5 heteroatoms. The van der Waals surface area contributed by atoms with Gasteiger partial charge in [0.1, 0.15) is 0 Å². The summed E-state index contributed by atoms with van der Waals surface area (Å²) in [7, 11) is -1.94. The van der Waals surface area contributed by atoms with Crippen LogP contribution < -0.4 is 0 Å². The van der Waals surface area contributed by atoms with E-state index in [2.05, 4.69) is 61.6 Å². The number of carbonyl (C=O) groups is 1. The van der Waals surface area contributed by atoms with E-state index >= 15 is 0 Å². The highest BCUT2D eigenvalue weighted by Gasteiger charge is 2.55. The van der Waals surface area contributed by atoms with Gasteiger partial charge in [0.05, 0.1) is 18.1 Å². The Hall–Kier alpha value is -0.843. The molecular formula is C21H34ClNO2Si. The van der Waals surface area contributed by atoms with Crippen molar-refractivity contribution >= 4 is 25.8 Å². The van der Waals surface area contributed by atoms with Crippen LogP contribution in [0.5, 0.6) is 0 Å². The predicted octanol–water partition coefficient (Wildman–Crippen LogP) is 6.05. The fourth-order valence-electron chi connectivity index (χ4n) is 3.45. The van der Waals surface area contributed by atoms with Crippen molar-refractivity contribution in [2.75, 3.05) is 0 Å². The van der Waals surface area contributed by atoms with Crippen molar-refractivity contribution in [3.05, 3.63) is 34.9 Å². The minimum absolute atomic E-state index is 0.0273. The molecule has 1 aromatic rings. The van der Waals surface area contributed by atoms with E-state index < -0.39 is 8.32 Å². The van der Waals surface area contributed by atoms with Gasteiger partial charge in [-0.15, -0.1) is 0 Å². The van der Waals surface area contributed by atoms with Crippen molar-refractivity contribution in [3.8, 4) is 0 Å². The molecule has 0 aromatic heterocycles. The first-order valence-corrected chi connectivity index (χ1v) is 12.7. The standard InChI is InChI=1S/C21H34ClNO2Si/c1-14(25-26(8,9)21(5,6)7)17-18(15-10-12-16(22)13-11-15)23(19(17)24)20(2,3)4/h10-14,17-18H,1-9H3. The number of amides is 1. The Morgan fingerprint density at radius 1 is 1.08 bits per heavy atom. The summed E-state index contributed by atoms with van der Waals surface area (Å²) in [5.74, 6) is 0.0354. The molecule has 3 unspecified atom stereocenters. The molecule has 1 amide bonds. The molecule has 1 aliphatic heterocycles. The number of hydrogen-bond donors (Lipinski definition) is 0. The van der Waals surface area contributed by atoms with Gasteiger partial charge < -0.3 is 9.33 Å². The monoisotopic (exact) mass is 395 g/mol. The predicted molar refractivity (Wildman–Crippen MR) is 112 cm³/mol. The lowest BCUT2D eigenvalue weighted by atomic mass is 9.76. The Bertz CT molecular complexity index is 658. The number of benzene rings is 1. The normalized spacial score (nSPS) is 23.0. The lowest BCUT2D eigenvalue weighted by Crippen LogP contribution is -2.65. The summed E-state index contributed by atoms with van der Waals surface area (Å²) in [5.41, 5.74) is 0.897. The third-order valence-electron chi connectivity index (χ3n) is 5.87. The van der Waals surface area contributed by atoms with Crippen LogP contribution in [0.15, 0.2) is 24.3 Å². The molecule has 0 spiro atoms. The van der Waals surface area contributed by atoms with Crippen molar-refractivity contribution in [2.45, 2.75) is 84.3 Å². The third kappa shape index (κ3) is 4.02. The Morgan fingerprint density at radius 3 is 2.00 bits per heavy atom. The fourth-order valence-corrected chi connectivity index (χ4v) is 5.00. The maximum Gasteiger partial charge on any atom is 0.231 e. The zero-order chi connectivity index (χ0) is 20.1. The van der Waals surface area contributed by atoms with Crippen molar-refractivity contribution in [3.63, 3.8) is 0 Å². The van der Waals surface area contributed by atoms with Crippen LogP contribution in [0.1, 0.15) is 60.1 Å². The minimum Gasteiger partial charge on any atom is -0.413 e. The first kappa shape index (κ1) is 21.5. The molecule has 0 N–H and O–H groups in total. The van der Waals surface area contributed by atoms with E-state index in [-0.39, 0.29) is 34.5 Å². The molecule has 1 heterocycles. The van der Waals surface area contributed by atoms with Crippen LogP contribution in [0.3, 0.4) is 0 Å². The highest BCUT2D eigenvalue weighted by molar-refractivity contribution is 6.74. The Labute approximate surface area is 165 Å². The zero-order valence-corrected chi connectivity index (χ0v) is 19.4. The van der Waals surface area contributed by atoms with Crippen LogP contribution in [0.2, 0.25) is 23.2 Å². The number of carbonyl (C=O) groups excluding carboxylic acids is 1. The molecule has 1 fully saturated rings. The summed E-state index contributed by atoms with van der Waals surface area (Å²) >= 11 is 6.07. The molecule has 0 saturated carbocycles. The molecule has 1 saturated heterocycles. The van der Waals surface area contributed by atoms with E-state index in [1.165, 1.54) is 0 Å². The first-order chi connectivity index (χ1) is 11.7. The van der Waals surface area contributed by atoms with Gasteiger partial charge in [0.15, 0.2) is 8.32 Å². The van der Waals surface area contributed by atoms with Gasteiger partial charge >= 0.3 is 0 Å². The van der Waals surface area contributed by atoms with E-state index in [0.717, 1.165) is 5.56 Å². The molecule has 0 aliphatic carbocycles. The average Bonchev–Trinajstić information content (AvgIpc) is 2.42. The van der Waals surface area contributed by atoms with Crippen LogP contribution in [0.25, 0.3) is 0 Å². The molecule has 1 aliphatic rings. The molecule has 1 aromatic carbocycles. The second-order valence-corrected chi connectivity index (χ2v) is 15.2. The van der Waals surface area contributed by atoms with Gasteiger partial charge in [0.2, 0.25) is 5.91 Å². The average molecular weight is 396 g/mol. The summed E-state index contributed by atoms with van der Waals surface area (Å²) in [4.78, 5) is 15.1. The lowest BCUT2D eigenvalue weighted by molar-refractivity contribution is -0.174. The topological polar surface area (TPSA) is 29.5 Å². The molecule has 0 bridgehead atoms. The van der Waals surface area contributed by atoms with Gasteiger partial charge in [-0.1, -0.05) is 44.5 Å². The van der Waals surface area contributed by atoms with Gasteiger partial charge in [0, 0.05) is 10.6 Å². The number of halogens is 1. The summed E-state index contributed by atoms with van der Waals surface area (Å²) in [5, 5.41) is 0.830. The summed E-state index contributed by atoms with van der Waals surface area (Å²) in [6.07, 6.45) is -0.109. The van der Waals surface area contributed by atoms with Crippen molar-refractivity contribution in [1.82, 2.24) is 4.90 Å². The number of rotatable bonds is 4. The second-order valence-electron chi connectivity index (χ2n) is 9.98. The molecule has 2 rings (SSSR count). The van der Waals surface area contributed by atoms with Crippen LogP contribution in [0, 0.1) is 5.92 Å². The first-order valence-electron chi connectivity index (χ1n) is 9.43. The smallest absolute Gasteiger partial charge is 0.231 e. The quantitative estimate of drug-likeness (QED) is 0.458. The summed E-state index contributed by atoms with van der Waals surface area (Å²) in [6, 6.07) is 7.89. The Morgan fingerprint density at radius 2 is 1.58 bits per heavy atom. The van der Waals surface area contributed by atoms with Crippen molar-refractivity contribution in [1.29, 1.82) is 0 Å². The van der Waals surface area contributed by atoms with Gasteiger partial charge in [-0.3, -0.25) is 4.79 Å². The highest BCUT2D eigenvalue weighted by atomic mass is 35.5. The van der Waals surface area contributed by atoms with E-state index in [1.807, 2.05) is 29.2 Å². The second kappa shape index (κ2) is 6.96. The van der Waals surface area contributed by atoms with E-state index in [0.29, 0.717) is 5.02 Å². The highest BCUT2D eigenvalue weighted by Crippen LogP contribution is 2.48. The Kier molecular flexibility index (Phi) is 5.74. The van der Waals surface area contributed by atoms with Gasteiger partial charge in [-0.25, -0.2) is 0 Å². The molecular weight excluding hydrogens is 362 g/mol. The molecule has 0 radical (unpaired) electrons. The maximum absolute atomic E-state index is 13.1. The van der Waals surface area contributed by atoms with Crippen molar-refractivity contribution in [2.24, 2.45) is 5.92 Å². The van der Waals surface area contributed by atoms with Crippen molar-refractivity contribution < 1.29 is 9.22 Å². The molecule has 3 atom stereocenters. The number of nitrogens with zero attached hydrogens (tertiary/aromatic N) is 1.